The normalized spacial score (nSPS) is 11.3. The molecule has 7 nitrogen and oxygen atoms in total. The van der Waals surface area contributed by atoms with E-state index in [1.807, 2.05) is 13.8 Å². The Labute approximate surface area is 105 Å². The number of nitrogens with zero attached hydrogens (tertiary/aromatic N) is 4. The number of ether oxygens (including phenoxy) is 2. The zero-order chi connectivity index (χ0) is 12.8. The van der Waals surface area contributed by atoms with Crippen LogP contribution in [0.1, 0.15) is 13.8 Å². The van der Waals surface area contributed by atoms with Gasteiger partial charge in [0.1, 0.15) is 6.54 Å². The van der Waals surface area contributed by atoms with Gasteiger partial charge in [-0.15, -0.1) is 10.2 Å². The van der Waals surface area contributed by atoms with E-state index in [4.69, 9.17) is 13.9 Å². The second-order valence-electron chi connectivity index (χ2n) is 3.49. The molecule has 0 aliphatic rings. The van der Waals surface area contributed by atoms with Gasteiger partial charge in [0.25, 0.3) is 0 Å². The smallest absolute Gasteiger partial charge is 0.240 e. The van der Waals surface area contributed by atoms with Crippen LogP contribution >= 0.6 is 0 Å². The molecule has 0 amide bonds. The van der Waals surface area contributed by atoms with Gasteiger partial charge in [-0.25, -0.2) is 0 Å². The van der Waals surface area contributed by atoms with Crippen molar-refractivity contribution >= 4 is 0 Å². The van der Waals surface area contributed by atoms with E-state index >= 15 is 0 Å². The summed E-state index contributed by atoms with van der Waals surface area (Å²) in [7, 11) is 0. The van der Waals surface area contributed by atoms with Gasteiger partial charge in [-0.3, -0.25) is 0 Å². The van der Waals surface area contributed by atoms with Gasteiger partial charge < -0.3 is 13.9 Å². The minimum absolute atomic E-state index is 0.362. The summed E-state index contributed by atoms with van der Waals surface area (Å²) in [6.45, 7) is 5.37. The third-order valence-electron chi connectivity index (χ3n) is 2.21. The molecule has 0 aromatic carbocycles. The fourth-order valence-electron chi connectivity index (χ4n) is 1.48. The highest BCUT2D eigenvalue weighted by Crippen LogP contribution is 2.13. The molecular weight excluding hydrogens is 236 g/mol. The average molecular weight is 252 g/mol. The second-order valence-corrected chi connectivity index (χ2v) is 3.49. The predicted octanol–water partition coefficient (Wildman–Crippen LogP) is 1.33. The van der Waals surface area contributed by atoms with Crippen molar-refractivity contribution < 1.29 is 13.9 Å². The Morgan fingerprint density at radius 1 is 1.33 bits per heavy atom. The van der Waals surface area contributed by atoms with E-state index in [1.165, 1.54) is 4.80 Å². The monoisotopic (exact) mass is 252 g/mol. The first kappa shape index (κ1) is 12.7. The van der Waals surface area contributed by atoms with Gasteiger partial charge in [-0.2, -0.15) is 4.80 Å². The van der Waals surface area contributed by atoms with Crippen LogP contribution in [0.25, 0.3) is 11.6 Å². The van der Waals surface area contributed by atoms with Crippen LogP contribution in [0.5, 0.6) is 0 Å². The molecule has 0 saturated heterocycles. The lowest BCUT2D eigenvalue weighted by Gasteiger charge is -2.15. The molecule has 2 heterocycles. The van der Waals surface area contributed by atoms with Crippen LogP contribution in [0, 0.1) is 0 Å². The molecule has 18 heavy (non-hydrogen) atoms. The third kappa shape index (κ3) is 3.14. The van der Waals surface area contributed by atoms with Gasteiger partial charge in [0.2, 0.25) is 5.82 Å². The zero-order valence-corrected chi connectivity index (χ0v) is 10.4. The van der Waals surface area contributed by atoms with Crippen LogP contribution in [-0.4, -0.2) is 39.7 Å². The minimum Gasteiger partial charge on any atom is -0.461 e. The number of tetrazole rings is 1. The van der Waals surface area contributed by atoms with Gasteiger partial charge in [0, 0.05) is 13.2 Å². The highest BCUT2D eigenvalue weighted by atomic mass is 16.7. The molecular formula is C11H16N4O3. The maximum Gasteiger partial charge on any atom is 0.240 e. The van der Waals surface area contributed by atoms with E-state index in [-0.39, 0.29) is 6.29 Å². The van der Waals surface area contributed by atoms with E-state index in [9.17, 15) is 0 Å². The van der Waals surface area contributed by atoms with Crippen molar-refractivity contribution in [3.63, 3.8) is 0 Å². The average Bonchev–Trinajstić information content (AvgIpc) is 2.98. The molecule has 0 saturated carbocycles. The summed E-state index contributed by atoms with van der Waals surface area (Å²) in [5, 5.41) is 12.0. The third-order valence-corrected chi connectivity index (χ3v) is 2.21. The summed E-state index contributed by atoms with van der Waals surface area (Å²) >= 11 is 0. The minimum atomic E-state index is -0.362. The lowest BCUT2D eigenvalue weighted by molar-refractivity contribution is -0.146. The van der Waals surface area contributed by atoms with Gasteiger partial charge in [-0.05, 0) is 31.2 Å². The van der Waals surface area contributed by atoms with Crippen molar-refractivity contribution in [2.75, 3.05) is 13.2 Å². The summed E-state index contributed by atoms with van der Waals surface area (Å²) < 4.78 is 16.0. The van der Waals surface area contributed by atoms with Crippen LogP contribution < -0.4 is 0 Å². The van der Waals surface area contributed by atoms with Crippen LogP contribution in [0.2, 0.25) is 0 Å². The van der Waals surface area contributed by atoms with Crippen LogP contribution in [0.3, 0.4) is 0 Å². The fourth-order valence-corrected chi connectivity index (χ4v) is 1.48. The van der Waals surface area contributed by atoms with Crippen LogP contribution in [0.15, 0.2) is 22.8 Å². The summed E-state index contributed by atoms with van der Waals surface area (Å²) in [5.41, 5.74) is 0. The summed E-state index contributed by atoms with van der Waals surface area (Å²) in [6.07, 6.45) is 1.21. The van der Waals surface area contributed by atoms with Crippen LogP contribution in [-0.2, 0) is 16.0 Å². The van der Waals surface area contributed by atoms with Crippen molar-refractivity contribution in [3.05, 3.63) is 18.4 Å². The lowest BCUT2D eigenvalue weighted by Crippen LogP contribution is -2.25. The van der Waals surface area contributed by atoms with E-state index in [1.54, 1.807) is 18.4 Å². The molecule has 7 heteroatoms. The Morgan fingerprint density at radius 3 is 2.72 bits per heavy atom. The standard InChI is InChI=1S/C11H16N4O3/c1-3-16-10(17-4-2)8-15-13-11(12-14-15)9-6-5-7-18-9/h5-7,10H,3-4,8H2,1-2H3. The Kier molecular flexibility index (Phi) is 4.43. The first-order valence-electron chi connectivity index (χ1n) is 5.88. The highest BCUT2D eigenvalue weighted by Gasteiger charge is 2.13. The largest absolute Gasteiger partial charge is 0.461 e. The molecule has 0 radical (unpaired) electrons. The summed E-state index contributed by atoms with van der Waals surface area (Å²) in [5.74, 6) is 1.04. The van der Waals surface area contributed by atoms with Gasteiger partial charge in [0.05, 0.1) is 6.26 Å². The maximum absolute atomic E-state index is 5.41. The van der Waals surface area contributed by atoms with Crippen molar-refractivity contribution in [2.24, 2.45) is 0 Å². The number of aromatic nitrogens is 4. The van der Waals surface area contributed by atoms with Crippen molar-refractivity contribution in [2.45, 2.75) is 26.7 Å². The van der Waals surface area contributed by atoms with Crippen molar-refractivity contribution in [1.29, 1.82) is 0 Å². The summed E-state index contributed by atoms with van der Waals surface area (Å²) in [6, 6.07) is 3.56. The molecule has 2 rings (SSSR count). The number of hydrogen-bond acceptors (Lipinski definition) is 6. The topological polar surface area (TPSA) is 75.2 Å². The molecule has 0 N–H and O–H groups in total. The molecule has 0 spiro atoms. The molecule has 0 fully saturated rings. The number of rotatable bonds is 7. The molecule has 98 valence electrons. The van der Waals surface area contributed by atoms with E-state index in [2.05, 4.69) is 15.4 Å². The molecule has 2 aromatic heterocycles. The van der Waals surface area contributed by atoms with Gasteiger partial charge in [0.15, 0.2) is 12.1 Å². The Bertz CT molecular complexity index is 449. The molecule has 2 aromatic rings. The Balaban J connectivity index is 2.01. The van der Waals surface area contributed by atoms with Crippen molar-refractivity contribution in [1.82, 2.24) is 20.2 Å². The first-order valence-corrected chi connectivity index (χ1v) is 5.88. The van der Waals surface area contributed by atoms with E-state index in [0.717, 1.165) is 0 Å². The van der Waals surface area contributed by atoms with E-state index in [0.29, 0.717) is 31.3 Å². The van der Waals surface area contributed by atoms with Crippen LogP contribution in [0.4, 0.5) is 0 Å². The predicted molar refractivity (Wildman–Crippen MR) is 62.6 cm³/mol. The SMILES string of the molecule is CCOC(Cn1nnc(-c2ccco2)n1)OCC. The molecule has 0 aliphatic heterocycles. The maximum atomic E-state index is 5.41. The zero-order valence-electron chi connectivity index (χ0n) is 10.4. The quantitative estimate of drug-likeness (QED) is 0.692. The first-order chi connectivity index (χ1) is 8.83. The molecule has 0 bridgehead atoms. The molecule has 0 atom stereocenters. The van der Waals surface area contributed by atoms with Gasteiger partial charge >= 0.3 is 0 Å². The molecule has 0 aliphatic carbocycles. The van der Waals surface area contributed by atoms with Crippen molar-refractivity contribution in [3.8, 4) is 11.6 Å². The van der Waals surface area contributed by atoms with Gasteiger partial charge in [-0.1, -0.05) is 0 Å². The fraction of sp³-hybridized carbons (Fsp3) is 0.545. The lowest BCUT2D eigenvalue weighted by atomic mass is 10.4. The second kappa shape index (κ2) is 6.27. The Hall–Kier alpha value is -1.73. The number of hydrogen-bond donors (Lipinski definition) is 0. The number of furan rings is 1. The highest BCUT2D eigenvalue weighted by molar-refractivity contribution is 5.43. The molecule has 0 unspecified atom stereocenters. The van der Waals surface area contributed by atoms with E-state index < -0.39 is 0 Å². The summed E-state index contributed by atoms with van der Waals surface area (Å²) in [4.78, 5) is 1.44. The Morgan fingerprint density at radius 2 is 2.11 bits per heavy atom.